The number of anilines is 2. The summed E-state index contributed by atoms with van der Waals surface area (Å²) in [6, 6.07) is 4.98. The molecule has 0 fully saturated rings. The van der Waals surface area contributed by atoms with E-state index in [2.05, 4.69) is 5.32 Å². The maximum Gasteiger partial charge on any atom is 0.417 e. The molecule has 1 amide bonds. The van der Waals surface area contributed by atoms with Crippen molar-refractivity contribution in [3.63, 3.8) is 0 Å². The highest BCUT2D eigenvalue weighted by molar-refractivity contribution is 7.18. The van der Waals surface area contributed by atoms with Gasteiger partial charge in [0.1, 0.15) is 15.9 Å². The van der Waals surface area contributed by atoms with Crippen LogP contribution in [0.3, 0.4) is 0 Å². The van der Waals surface area contributed by atoms with E-state index in [1.807, 2.05) is 6.07 Å². The van der Waals surface area contributed by atoms with Crippen LogP contribution in [0.15, 0.2) is 18.2 Å². The van der Waals surface area contributed by atoms with E-state index in [0.717, 1.165) is 23.5 Å². The molecule has 0 saturated carbocycles. The standard InChI is InChI=1S/C19H18ClF3N4O3S/c1-3-30-18(29)16-12(11(7-24)17(25)31-16)8-27(2)9-15(28)26-10-4-5-14(20)13(6-10)19(21,22)23/h4-6H,3,8-9,25H2,1-2H3,(H,26,28). The van der Waals surface area contributed by atoms with E-state index in [0.29, 0.717) is 5.56 Å². The number of rotatable bonds is 7. The van der Waals surface area contributed by atoms with Crippen molar-refractivity contribution in [2.45, 2.75) is 19.6 Å². The van der Waals surface area contributed by atoms with E-state index in [4.69, 9.17) is 22.1 Å². The van der Waals surface area contributed by atoms with Gasteiger partial charge < -0.3 is 15.8 Å². The molecule has 3 N–H and O–H groups in total. The zero-order chi connectivity index (χ0) is 23.3. The van der Waals surface area contributed by atoms with Crippen molar-refractivity contribution in [1.29, 1.82) is 5.26 Å². The van der Waals surface area contributed by atoms with Gasteiger partial charge in [-0.05, 0) is 32.2 Å². The molecule has 12 heteroatoms. The summed E-state index contributed by atoms with van der Waals surface area (Å²) in [7, 11) is 1.55. The molecule has 0 bridgehead atoms. The van der Waals surface area contributed by atoms with Crippen molar-refractivity contribution in [3.8, 4) is 6.07 Å². The fraction of sp³-hybridized carbons (Fsp3) is 0.316. The maximum absolute atomic E-state index is 13.0. The number of likely N-dealkylation sites (N-methyl/N-ethyl adjacent to an activating group) is 1. The lowest BCUT2D eigenvalue weighted by molar-refractivity contribution is -0.137. The number of nitrogens with one attached hydrogen (secondary N) is 1. The smallest absolute Gasteiger partial charge is 0.417 e. The summed E-state index contributed by atoms with van der Waals surface area (Å²) in [5, 5.41) is 11.4. The van der Waals surface area contributed by atoms with Crippen LogP contribution in [0.1, 0.15) is 33.3 Å². The second kappa shape index (κ2) is 10.00. The number of carbonyl (C=O) groups is 2. The Bertz CT molecular complexity index is 1030. The third-order valence-corrected chi connectivity index (χ3v) is 5.37. The monoisotopic (exact) mass is 474 g/mol. The first-order valence-corrected chi connectivity index (χ1v) is 10.0. The number of alkyl halides is 3. The lowest BCUT2D eigenvalue weighted by atomic mass is 10.1. The minimum Gasteiger partial charge on any atom is -0.462 e. The Morgan fingerprint density at radius 1 is 1.39 bits per heavy atom. The summed E-state index contributed by atoms with van der Waals surface area (Å²) in [6.07, 6.45) is -4.66. The lowest BCUT2D eigenvalue weighted by Gasteiger charge is -2.17. The molecule has 1 aromatic carbocycles. The molecule has 1 heterocycles. The van der Waals surface area contributed by atoms with Gasteiger partial charge in [-0.2, -0.15) is 18.4 Å². The molecule has 0 unspecified atom stereocenters. The number of carbonyl (C=O) groups excluding carboxylic acids is 2. The largest absolute Gasteiger partial charge is 0.462 e. The van der Waals surface area contributed by atoms with Gasteiger partial charge in [0, 0.05) is 17.8 Å². The van der Waals surface area contributed by atoms with E-state index in [1.165, 1.54) is 11.0 Å². The van der Waals surface area contributed by atoms with E-state index in [1.54, 1.807) is 14.0 Å². The van der Waals surface area contributed by atoms with Gasteiger partial charge in [-0.25, -0.2) is 4.79 Å². The third-order valence-electron chi connectivity index (χ3n) is 4.00. The van der Waals surface area contributed by atoms with Gasteiger partial charge in [0.15, 0.2) is 0 Å². The van der Waals surface area contributed by atoms with Crippen molar-refractivity contribution in [1.82, 2.24) is 4.90 Å². The number of hydrogen-bond donors (Lipinski definition) is 2. The van der Waals surface area contributed by atoms with Crippen molar-refractivity contribution < 1.29 is 27.5 Å². The average molecular weight is 475 g/mol. The van der Waals surface area contributed by atoms with Gasteiger partial charge in [0.25, 0.3) is 0 Å². The molecule has 0 spiro atoms. The minimum atomic E-state index is -4.66. The average Bonchev–Trinajstić information content (AvgIpc) is 2.97. The number of esters is 1. The molecular formula is C19H18ClF3N4O3S. The Morgan fingerprint density at radius 2 is 2.06 bits per heavy atom. The lowest BCUT2D eigenvalue weighted by Crippen LogP contribution is -2.30. The van der Waals surface area contributed by atoms with Gasteiger partial charge >= 0.3 is 12.1 Å². The molecule has 31 heavy (non-hydrogen) atoms. The number of benzene rings is 1. The van der Waals surface area contributed by atoms with Gasteiger partial charge in [-0.3, -0.25) is 9.69 Å². The molecule has 0 aliphatic heterocycles. The molecule has 0 radical (unpaired) electrons. The molecule has 0 aliphatic rings. The predicted octanol–water partition coefficient (Wildman–Crippen LogP) is 4.12. The van der Waals surface area contributed by atoms with E-state index < -0.39 is 28.6 Å². The normalized spacial score (nSPS) is 11.3. The summed E-state index contributed by atoms with van der Waals surface area (Å²) in [5.41, 5.74) is 5.12. The summed E-state index contributed by atoms with van der Waals surface area (Å²) in [6.45, 7) is 1.56. The maximum atomic E-state index is 13.0. The Kier molecular flexibility index (Phi) is 7.89. The first-order chi connectivity index (χ1) is 14.5. The first kappa shape index (κ1) is 24.5. The number of halogens is 4. The van der Waals surface area contributed by atoms with Crippen LogP contribution in [-0.4, -0.2) is 37.0 Å². The molecule has 1 aromatic heterocycles. The van der Waals surface area contributed by atoms with Crippen LogP contribution < -0.4 is 11.1 Å². The van der Waals surface area contributed by atoms with E-state index in [-0.39, 0.29) is 40.8 Å². The second-order valence-electron chi connectivity index (χ2n) is 6.39. The summed E-state index contributed by atoms with van der Waals surface area (Å²) < 4.78 is 43.9. The van der Waals surface area contributed by atoms with Gasteiger partial charge in [-0.1, -0.05) is 11.6 Å². The number of nitrogen functional groups attached to an aromatic ring is 1. The number of thiophene rings is 1. The van der Waals surface area contributed by atoms with Crippen LogP contribution >= 0.6 is 22.9 Å². The van der Waals surface area contributed by atoms with Crippen LogP contribution in [0.5, 0.6) is 0 Å². The SMILES string of the molecule is CCOC(=O)c1sc(N)c(C#N)c1CN(C)CC(=O)Nc1ccc(Cl)c(C(F)(F)F)c1. The Labute approximate surface area is 185 Å². The molecule has 2 rings (SSSR count). The predicted molar refractivity (Wildman–Crippen MR) is 111 cm³/mol. The fourth-order valence-corrected chi connectivity index (χ4v) is 3.86. The molecule has 166 valence electrons. The molecule has 7 nitrogen and oxygen atoms in total. The van der Waals surface area contributed by atoms with E-state index in [9.17, 15) is 28.0 Å². The zero-order valence-electron chi connectivity index (χ0n) is 16.5. The Balaban J connectivity index is 2.13. The van der Waals surface area contributed by atoms with Crippen LogP contribution in [-0.2, 0) is 22.3 Å². The number of nitrogens with two attached hydrogens (primary N) is 1. The highest BCUT2D eigenvalue weighted by Crippen LogP contribution is 2.36. The highest BCUT2D eigenvalue weighted by atomic mass is 35.5. The Hall–Kier alpha value is -2.81. The fourth-order valence-electron chi connectivity index (χ4n) is 2.71. The van der Waals surface area contributed by atoms with Gasteiger partial charge in [0.2, 0.25) is 5.91 Å². The summed E-state index contributed by atoms with van der Waals surface area (Å²) in [5.74, 6) is -1.23. The van der Waals surface area contributed by atoms with Crippen molar-refractivity contribution in [3.05, 3.63) is 44.8 Å². The summed E-state index contributed by atoms with van der Waals surface area (Å²) in [4.78, 5) is 26.1. The van der Waals surface area contributed by atoms with Crippen LogP contribution in [0, 0.1) is 11.3 Å². The van der Waals surface area contributed by atoms with Crippen LogP contribution in [0.2, 0.25) is 5.02 Å². The number of ether oxygens (including phenoxy) is 1. The molecule has 2 aromatic rings. The zero-order valence-corrected chi connectivity index (χ0v) is 18.0. The third kappa shape index (κ3) is 6.10. The second-order valence-corrected chi connectivity index (χ2v) is 7.85. The molecule has 0 saturated heterocycles. The van der Waals surface area contributed by atoms with E-state index >= 15 is 0 Å². The van der Waals surface area contributed by atoms with Crippen molar-refractivity contribution in [2.24, 2.45) is 0 Å². The first-order valence-electron chi connectivity index (χ1n) is 8.81. The number of amides is 1. The van der Waals surface area contributed by atoms with Crippen molar-refractivity contribution >= 4 is 45.5 Å². The van der Waals surface area contributed by atoms with Crippen molar-refractivity contribution in [2.75, 3.05) is 31.2 Å². The minimum absolute atomic E-state index is 0.0204. The number of nitrogens with zero attached hydrogens (tertiary/aromatic N) is 2. The number of nitriles is 1. The number of hydrogen-bond acceptors (Lipinski definition) is 7. The van der Waals surface area contributed by atoms with Crippen LogP contribution in [0.4, 0.5) is 23.9 Å². The molecular weight excluding hydrogens is 457 g/mol. The Morgan fingerprint density at radius 3 is 2.65 bits per heavy atom. The summed E-state index contributed by atoms with van der Waals surface area (Å²) >= 11 is 6.49. The topological polar surface area (TPSA) is 108 Å². The molecule has 0 atom stereocenters. The highest BCUT2D eigenvalue weighted by Gasteiger charge is 2.33. The van der Waals surface area contributed by atoms with Gasteiger partial charge in [-0.15, -0.1) is 11.3 Å². The quantitative estimate of drug-likeness (QED) is 0.584. The van der Waals surface area contributed by atoms with Gasteiger partial charge in [0.05, 0.1) is 29.3 Å². The van der Waals surface area contributed by atoms with Crippen LogP contribution in [0.25, 0.3) is 0 Å². The molecule has 0 aliphatic carbocycles.